The van der Waals surface area contributed by atoms with Crippen LogP contribution in [-0.2, 0) is 10.0 Å². The van der Waals surface area contributed by atoms with E-state index in [-0.39, 0.29) is 16.4 Å². The molecule has 0 aromatic heterocycles. The van der Waals surface area contributed by atoms with E-state index >= 15 is 0 Å². The standard InChI is InChI=1S/C19H13Cl3N4O4S/c20-14-5-3-6-15(21)13(14)11-23-24-18-9-8-12(26(27)28)10-19(18)31(29,30)25-17-7-2-1-4-16(17)22/h1-11,24-25H/b23-11+. The Kier molecular flexibility index (Phi) is 7.01. The van der Waals surface area contributed by atoms with Gasteiger partial charge in [0.25, 0.3) is 15.7 Å². The van der Waals surface area contributed by atoms with Crippen molar-refractivity contribution >= 4 is 68.1 Å². The summed E-state index contributed by atoms with van der Waals surface area (Å²) in [5.41, 5.74) is 2.68. The van der Waals surface area contributed by atoms with E-state index in [0.717, 1.165) is 12.1 Å². The molecule has 12 heteroatoms. The second-order valence-corrected chi connectivity index (χ2v) is 8.90. The zero-order valence-corrected chi connectivity index (χ0v) is 18.5. The Balaban J connectivity index is 1.99. The summed E-state index contributed by atoms with van der Waals surface area (Å²) in [5, 5.41) is 16.0. The number of anilines is 2. The van der Waals surface area contributed by atoms with Crippen LogP contribution < -0.4 is 10.1 Å². The summed E-state index contributed by atoms with van der Waals surface area (Å²) in [6, 6.07) is 14.4. The van der Waals surface area contributed by atoms with Crippen LogP contribution in [0.3, 0.4) is 0 Å². The lowest BCUT2D eigenvalue weighted by Crippen LogP contribution is -2.15. The quantitative estimate of drug-likeness (QED) is 0.242. The Morgan fingerprint density at radius 1 is 0.903 bits per heavy atom. The molecule has 0 bridgehead atoms. The van der Waals surface area contributed by atoms with Crippen molar-refractivity contribution in [3.63, 3.8) is 0 Å². The maximum absolute atomic E-state index is 13.0. The first-order valence-electron chi connectivity index (χ1n) is 8.48. The SMILES string of the molecule is O=[N+]([O-])c1ccc(N/N=C/c2c(Cl)cccc2Cl)c(S(=O)(=O)Nc2ccccc2Cl)c1. The van der Waals surface area contributed by atoms with E-state index in [1.807, 2.05) is 0 Å². The number of nitro groups is 1. The van der Waals surface area contributed by atoms with Gasteiger partial charge in [-0.1, -0.05) is 53.0 Å². The lowest BCUT2D eigenvalue weighted by Gasteiger charge is -2.13. The lowest BCUT2D eigenvalue weighted by atomic mass is 10.2. The second kappa shape index (κ2) is 9.52. The Bertz CT molecular complexity index is 1260. The van der Waals surface area contributed by atoms with Crippen LogP contribution in [0.1, 0.15) is 5.56 Å². The highest BCUT2D eigenvalue weighted by molar-refractivity contribution is 7.93. The third-order valence-corrected chi connectivity index (χ3v) is 6.36. The average Bonchev–Trinajstić information content (AvgIpc) is 2.71. The number of hydrazone groups is 1. The van der Waals surface area contributed by atoms with E-state index < -0.39 is 25.5 Å². The van der Waals surface area contributed by atoms with Gasteiger partial charge in [-0.3, -0.25) is 20.3 Å². The molecule has 0 radical (unpaired) electrons. The molecular weight excluding hydrogens is 487 g/mol. The van der Waals surface area contributed by atoms with Gasteiger partial charge in [0, 0.05) is 17.7 Å². The van der Waals surface area contributed by atoms with Crippen molar-refractivity contribution in [1.82, 2.24) is 0 Å². The minimum absolute atomic E-state index is 0.00965. The molecule has 0 saturated carbocycles. The third kappa shape index (κ3) is 5.45. The van der Waals surface area contributed by atoms with E-state index in [4.69, 9.17) is 34.8 Å². The van der Waals surface area contributed by atoms with Crippen molar-refractivity contribution in [1.29, 1.82) is 0 Å². The van der Waals surface area contributed by atoms with E-state index in [1.165, 1.54) is 24.4 Å². The van der Waals surface area contributed by atoms with E-state index in [1.54, 1.807) is 30.3 Å². The van der Waals surface area contributed by atoms with Crippen LogP contribution in [0.4, 0.5) is 17.1 Å². The highest BCUT2D eigenvalue weighted by Gasteiger charge is 2.23. The van der Waals surface area contributed by atoms with E-state index in [0.29, 0.717) is 15.6 Å². The number of nitrogens with one attached hydrogen (secondary N) is 2. The number of nitro benzene ring substituents is 1. The largest absolute Gasteiger partial charge is 0.278 e. The predicted molar refractivity (Wildman–Crippen MR) is 123 cm³/mol. The van der Waals surface area contributed by atoms with E-state index in [2.05, 4.69) is 15.2 Å². The molecule has 0 amide bonds. The van der Waals surface area contributed by atoms with Gasteiger partial charge in [-0.2, -0.15) is 5.10 Å². The van der Waals surface area contributed by atoms with Gasteiger partial charge in [0.1, 0.15) is 4.90 Å². The second-order valence-electron chi connectivity index (χ2n) is 6.03. The fourth-order valence-electron chi connectivity index (χ4n) is 2.48. The van der Waals surface area contributed by atoms with Gasteiger partial charge < -0.3 is 0 Å². The topological polar surface area (TPSA) is 114 Å². The zero-order chi connectivity index (χ0) is 22.6. The molecule has 3 aromatic carbocycles. The Hall–Kier alpha value is -2.85. The molecule has 31 heavy (non-hydrogen) atoms. The number of hydrogen-bond donors (Lipinski definition) is 2. The van der Waals surface area contributed by atoms with Crippen LogP contribution in [0.15, 0.2) is 70.7 Å². The number of hydrogen-bond acceptors (Lipinski definition) is 6. The smallest absolute Gasteiger partial charge is 0.270 e. The lowest BCUT2D eigenvalue weighted by molar-refractivity contribution is -0.385. The molecule has 0 aliphatic rings. The maximum Gasteiger partial charge on any atom is 0.270 e. The third-order valence-electron chi connectivity index (χ3n) is 3.96. The predicted octanol–water partition coefficient (Wildman–Crippen LogP) is 5.80. The summed E-state index contributed by atoms with van der Waals surface area (Å²) in [4.78, 5) is 10.1. The van der Waals surface area contributed by atoms with Gasteiger partial charge in [0.05, 0.1) is 37.6 Å². The number of benzene rings is 3. The minimum atomic E-state index is -4.26. The molecule has 0 heterocycles. The molecule has 0 spiro atoms. The van der Waals surface area contributed by atoms with Crippen molar-refractivity contribution in [2.75, 3.05) is 10.1 Å². The summed E-state index contributed by atoms with van der Waals surface area (Å²) in [5.74, 6) is 0. The van der Waals surface area contributed by atoms with Crippen molar-refractivity contribution in [2.45, 2.75) is 4.90 Å². The fraction of sp³-hybridized carbons (Fsp3) is 0. The molecule has 0 saturated heterocycles. The van der Waals surface area contributed by atoms with Gasteiger partial charge in [-0.15, -0.1) is 0 Å². The summed E-state index contributed by atoms with van der Waals surface area (Å²) in [6.45, 7) is 0. The highest BCUT2D eigenvalue weighted by Crippen LogP contribution is 2.30. The fourth-order valence-corrected chi connectivity index (χ4v) is 4.47. The summed E-state index contributed by atoms with van der Waals surface area (Å²) >= 11 is 18.2. The van der Waals surface area contributed by atoms with Crippen LogP contribution in [0.5, 0.6) is 0 Å². The highest BCUT2D eigenvalue weighted by atomic mass is 35.5. The van der Waals surface area contributed by atoms with Gasteiger partial charge in [0.15, 0.2) is 0 Å². The molecule has 0 aliphatic carbocycles. The number of para-hydroxylation sites is 1. The van der Waals surface area contributed by atoms with Gasteiger partial charge in [-0.05, 0) is 30.3 Å². The molecular formula is C19H13Cl3N4O4S. The monoisotopic (exact) mass is 498 g/mol. The number of sulfonamides is 1. The minimum Gasteiger partial charge on any atom is -0.278 e. The van der Waals surface area contributed by atoms with Gasteiger partial charge in [-0.25, -0.2) is 8.42 Å². The van der Waals surface area contributed by atoms with Crippen LogP contribution in [-0.4, -0.2) is 19.6 Å². The van der Waals surface area contributed by atoms with Crippen molar-refractivity contribution in [3.05, 3.63) is 91.4 Å². The van der Waals surface area contributed by atoms with Crippen molar-refractivity contribution in [2.24, 2.45) is 5.10 Å². The Labute approximate surface area is 192 Å². The molecule has 8 nitrogen and oxygen atoms in total. The first-order chi connectivity index (χ1) is 14.7. The van der Waals surface area contributed by atoms with Crippen LogP contribution in [0.2, 0.25) is 15.1 Å². The Morgan fingerprint density at radius 3 is 2.19 bits per heavy atom. The molecule has 2 N–H and O–H groups in total. The summed E-state index contributed by atoms with van der Waals surface area (Å²) in [7, 11) is -4.26. The van der Waals surface area contributed by atoms with Crippen LogP contribution >= 0.6 is 34.8 Å². The maximum atomic E-state index is 13.0. The first kappa shape index (κ1) is 22.8. The molecule has 3 rings (SSSR count). The van der Waals surface area contributed by atoms with Crippen molar-refractivity contribution < 1.29 is 13.3 Å². The van der Waals surface area contributed by atoms with E-state index in [9.17, 15) is 18.5 Å². The molecule has 0 aliphatic heterocycles. The summed E-state index contributed by atoms with van der Waals surface area (Å²) < 4.78 is 28.2. The molecule has 3 aromatic rings. The van der Waals surface area contributed by atoms with Crippen LogP contribution in [0.25, 0.3) is 0 Å². The summed E-state index contributed by atoms with van der Waals surface area (Å²) in [6.07, 6.45) is 1.31. The molecule has 0 fully saturated rings. The van der Waals surface area contributed by atoms with Gasteiger partial charge in [0.2, 0.25) is 0 Å². The molecule has 0 unspecified atom stereocenters. The first-order valence-corrected chi connectivity index (χ1v) is 11.1. The molecule has 0 atom stereocenters. The van der Waals surface area contributed by atoms with Crippen molar-refractivity contribution in [3.8, 4) is 0 Å². The number of rotatable bonds is 7. The van der Waals surface area contributed by atoms with Gasteiger partial charge >= 0.3 is 0 Å². The Morgan fingerprint density at radius 2 is 1.55 bits per heavy atom. The number of nitrogens with zero attached hydrogens (tertiary/aromatic N) is 2. The normalized spacial score (nSPS) is 11.5. The molecule has 160 valence electrons. The number of non-ortho nitro benzene ring substituents is 1. The van der Waals surface area contributed by atoms with Crippen LogP contribution in [0, 0.1) is 10.1 Å². The number of halogens is 3. The zero-order valence-electron chi connectivity index (χ0n) is 15.4. The average molecular weight is 500 g/mol.